The Morgan fingerprint density at radius 1 is 1.19 bits per heavy atom. The second-order valence-electron chi connectivity index (χ2n) is 4.43. The second-order valence-corrected chi connectivity index (χ2v) is 4.43. The summed E-state index contributed by atoms with van der Waals surface area (Å²) in [7, 11) is 0. The zero-order valence-electron chi connectivity index (χ0n) is 11.8. The molecule has 9 nitrogen and oxygen atoms in total. The number of aliphatic hydroxyl groups excluding tert-OH is 3. The molecule has 6 N–H and O–H groups in total. The van der Waals surface area contributed by atoms with E-state index in [0.29, 0.717) is 0 Å². The fourth-order valence-electron chi connectivity index (χ4n) is 1.81. The Bertz CT molecular complexity index is 493. The highest BCUT2D eigenvalue weighted by Gasteiger charge is 2.24. The molecule has 0 saturated carbocycles. The Morgan fingerprint density at radius 2 is 1.76 bits per heavy atom. The van der Waals surface area contributed by atoms with Gasteiger partial charge in [-0.3, -0.25) is 10.1 Å². The van der Waals surface area contributed by atoms with Gasteiger partial charge in [-0.2, -0.15) is 0 Å². The smallest absolute Gasteiger partial charge is 0.317 e. The highest BCUT2D eigenvalue weighted by Crippen LogP contribution is 2.39. The molecule has 21 heavy (non-hydrogen) atoms. The van der Waals surface area contributed by atoms with Crippen LogP contribution in [0.25, 0.3) is 0 Å². The van der Waals surface area contributed by atoms with Crippen LogP contribution < -0.4 is 16.0 Å². The molecular formula is C12H20N4O5. The summed E-state index contributed by atoms with van der Waals surface area (Å²) in [4.78, 5) is 10.7. The van der Waals surface area contributed by atoms with Gasteiger partial charge in [0.05, 0.1) is 17.2 Å². The van der Waals surface area contributed by atoms with E-state index >= 15 is 0 Å². The second kappa shape index (κ2) is 7.62. The van der Waals surface area contributed by atoms with Crippen molar-refractivity contribution in [1.29, 1.82) is 0 Å². The van der Waals surface area contributed by atoms with Crippen LogP contribution in [0.2, 0.25) is 0 Å². The van der Waals surface area contributed by atoms with Crippen LogP contribution in [0.5, 0.6) is 0 Å². The lowest BCUT2D eigenvalue weighted by Crippen LogP contribution is -2.20. The number of aliphatic hydroxyl groups is 3. The molecular weight excluding hydrogens is 280 g/mol. The van der Waals surface area contributed by atoms with Crippen molar-refractivity contribution < 1.29 is 20.2 Å². The molecule has 1 aromatic rings. The number of nitro benzene ring substituents is 1. The van der Waals surface area contributed by atoms with Gasteiger partial charge < -0.3 is 31.3 Å². The van der Waals surface area contributed by atoms with E-state index in [1.54, 1.807) is 0 Å². The average molecular weight is 300 g/mol. The van der Waals surface area contributed by atoms with Crippen LogP contribution in [0.1, 0.15) is 13.8 Å². The molecule has 0 aliphatic rings. The van der Waals surface area contributed by atoms with Crippen molar-refractivity contribution >= 4 is 22.7 Å². The minimum Gasteiger partial charge on any atom is -0.395 e. The van der Waals surface area contributed by atoms with Crippen molar-refractivity contribution in [1.82, 2.24) is 0 Å². The number of rotatable bonds is 8. The van der Waals surface area contributed by atoms with E-state index in [4.69, 9.17) is 5.11 Å². The Balaban J connectivity index is 3.34. The monoisotopic (exact) mass is 300 g/mol. The maximum absolute atomic E-state index is 11.3. The molecule has 0 aliphatic carbocycles. The van der Waals surface area contributed by atoms with E-state index in [9.17, 15) is 20.3 Å². The van der Waals surface area contributed by atoms with Crippen LogP contribution in [0.15, 0.2) is 12.1 Å². The lowest BCUT2D eigenvalue weighted by molar-refractivity contribution is -0.383. The zero-order valence-corrected chi connectivity index (χ0v) is 11.8. The molecule has 0 aliphatic heterocycles. The number of nitro groups is 1. The summed E-state index contributed by atoms with van der Waals surface area (Å²) in [5, 5.41) is 46.9. The van der Waals surface area contributed by atoms with Gasteiger partial charge in [-0.25, -0.2) is 0 Å². The third kappa shape index (κ3) is 4.74. The molecule has 0 bridgehead atoms. The third-order valence-corrected chi connectivity index (χ3v) is 2.51. The lowest BCUT2D eigenvalue weighted by atomic mass is 10.1. The predicted octanol–water partition coefficient (Wildman–Crippen LogP) is 0.499. The first-order valence-corrected chi connectivity index (χ1v) is 6.42. The number of hydrogen-bond acceptors (Lipinski definition) is 8. The fraction of sp³-hybridized carbons (Fsp3) is 0.500. The normalized spacial score (nSPS) is 13.4. The number of anilines is 3. The van der Waals surface area contributed by atoms with Gasteiger partial charge in [-0.05, 0) is 26.0 Å². The topological polar surface area (TPSA) is 140 Å². The highest BCUT2D eigenvalue weighted by atomic mass is 16.6. The molecule has 2 unspecified atom stereocenters. The third-order valence-electron chi connectivity index (χ3n) is 2.51. The number of hydrogen-bond donors (Lipinski definition) is 6. The zero-order chi connectivity index (χ0) is 16.0. The Kier molecular flexibility index (Phi) is 6.15. The molecule has 1 rings (SSSR count). The minimum atomic E-state index is -1.02. The molecule has 0 radical (unpaired) electrons. The summed E-state index contributed by atoms with van der Waals surface area (Å²) in [6, 6.07) is 3.00. The van der Waals surface area contributed by atoms with Crippen LogP contribution in [-0.2, 0) is 0 Å². The van der Waals surface area contributed by atoms with Gasteiger partial charge in [0.1, 0.15) is 23.8 Å². The Labute approximate surface area is 121 Å². The lowest BCUT2D eigenvalue weighted by Gasteiger charge is -2.19. The molecule has 0 aromatic heterocycles. The molecule has 0 saturated heterocycles. The maximum Gasteiger partial charge on any atom is 0.317 e. The van der Waals surface area contributed by atoms with Crippen LogP contribution in [-0.4, -0.2) is 45.9 Å². The molecule has 9 heteroatoms. The average Bonchev–Trinajstić information content (AvgIpc) is 2.37. The number of benzene rings is 1. The van der Waals surface area contributed by atoms with Crippen molar-refractivity contribution in [3.05, 3.63) is 22.2 Å². The van der Waals surface area contributed by atoms with Gasteiger partial charge in [0, 0.05) is 6.54 Å². The molecule has 118 valence electrons. The SMILES string of the molecule is CC(O)Nc1ccc(NCCO)c([N+](=O)[O-])c1NC(C)O. The largest absolute Gasteiger partial charge is 0.395 e. The first-order chi connectivity index (χ1) is 9.86. The maximum atomic E-state index is 11.3. The summed E-state index contributed by atoms with van der Waals surface area (Å²) in [6.45, 7) is 2.86. The van der Waals surface area contributed by atoms with Gasteiger partial charge in [-0.15, -0.1) is 0 Å². The Morgan fingerprint density at radius 3 is 2.24 bits per heavy atom. The van der Waals surface area contributed by atoms with E-state index in [-0.39, 0.29) is 35.9 Å². The van der Waals surface area contributed by atoms with Crippen molar-refractivity contribution in [2.24, 2.45) is 0 Å². The van der Waals surface area contributed by atoms with Crippen LogP contribution in [0, 0.1) is 10.1 Å². The first kappa shape index (κ1) is 17.0. The van der Waals surface area contributed by atoms with E-state index in [2.05, 4.69) is 16.0 Å². The van der Waals surface area contributed by atoms with Crippen LogP contribution in [0.3, 0.4) is 0 Å². The van der Waals surface area contributed by atoms with Crippen molar-refractivity contribution in [2.45, 2.75) is 26.3 Å². The van der Waals surface area contributed by atoms with E-state index in [1.165, 1.54) is 26.0 Å². The van der Waals surface area contributed by atoms with Crippen LogP contribution in [0.4, 0.5) is 22.7 Å². The fourth-order valence-corrected chi connectivity index (χ4v) is 1.81. The van der Waals surface area contributed by atoms with Gasteiger partial charge in [0.15, 0.2) is 0 Å². The number of nitrogens with one attached hydrogen (secondary N) is 3. The van der Waals surface area contributed by atoms with E-state index in [0.717, 1.165) is 0 Å². The van der Waals surface area contributed by atoms with Crippen molar-refractivity contribution in [2.75, 3.05) is 29.1 Å². The van der Waals surface area contributed by atoms with E-state index in [1.807, 2.05) is 0 Å². The highest BCUT2D eigenvalue weighted by molar-refractivity contribution is 5.87. The van der Waals surface area contributed by atoms with Crippen molar-refractivity contribution in [3.8, 4) is 0 Å². The predicted molar refractivity (Wildman–Crippen MR) is 79.3 cm³/mol. The summed E-state index contributed by atoms with van der Waals surface area (Å²) in [6.07, 6.45) is -1.94. The molecule has 0 heterocycles. The summed E-state index contributed by atoms with van der Waals surface area (Å²) in [5.74, 6) is 0. The molecule has 1 aromatic carbocycles. The summed E-state index contributed by atoms with van der Waals surface area (Å²) in [5.41, 5.74) is 0.259. The first-order valence-electron chi connectivity index (χ1n) is 6.42. The van der Waals surface area contributed by atoms with Crippen molar-refractivity contribution in [3.63, 3.8) is 0 Å². The summed E-state index contributed by atoms with van der Waals surface area (Å²) >= 11 is 0. The number of nitrogens with zero attached hydrogens (tertiary/aromatic N) is 1. The van der Waals surface area contributed by atoms with Gasteiger partial charge in [0.25, 0.3) is 0 Å². The molecule has 0 amide bonds. The molecule has 0 fully saturated rings. The van der Waals surface area contributed by atoms with Gasteiger partial charge >= 0.3 is 5.69 Å². The van der Waals surface area contributed by atoms with Crippen LogP contribution >= 0.6 is 0 Å². The van der Waals surface area contributed by atoms with Gasteiger partial charge in [-0.1, -0.05) is 0 Å². The molecule has 0 spiro atoms. The summed E-state index contributed by atoms with van der Waals surface area (Å²) < 4.78 is 0. The minimum absolute atomic E-state index is 0.0545. The standard InChI is InChI=1S/C12H20N4O5/c1-7(18)14-9-3-4-10(13-5-6-17)12(16(20)21)11(9)15-8(2)19/h3-4,7-8,13-15,17-19H,5-6H2,1-2H3. The van der Waals surface area contributed by atoms with Gasteiger partial charge in [0.2, 0.25) is 0 Å². The molecule has 2 atom stereocenters. The Hall–Kier alpha value is -2.10. The van der Waals surface area contributed by atoms with E-state index < -0.39 is 17.4 Å². The quantitative estimate of drug-likeness (QED) is 0.232.